The molecule has 1 aliphatic rings. The number of nitrogens with zero attached hydrogens (tertiary/aromatic N) is 1. The van der Waals surface area contributed by atoms with Crippen LogP contribution in [0.3, 0.4) is 0 Å². The van der Waals surface area contributed by atoms with E-state index in [0.29, 0.717) is 18.8 Å². The third kappa shape index (κ3) is 2.10. The molecule has 0 radical (unpaired) electrons. The van der Waals surface area contributed by atoms with Crippen molar-refractivity contribution in [3.63, 3.8) is 0 Å². The summed E-state index contributed by atoms with van der Waals surface area (Å²) in [7, 11) is 0. The summed E-state index contributed by atoms with van der Waals surface area (Å²) in [5.74, 6) is -0.733. The van der Waals surface area contributed by atoms with Gasteiger partial charge in [0.1, 0.15) is 11.4 Å². The fourth-order valence-corrected chi connectivity index (χ4v) is 1.85. The monoisotopic (exact) mass is 238 g/mol. The minimum absolute atomic E-state index is 0.243. The molecule has 1 saturated heterocycles. The van der Waals surface area contributed by atoms with Crippen LogP contribution < -0.4 is 10.6 Å². The zero-order valence-corrected chi connectivity index (χ0v) is 9.87. The maximum atomic E-state index is 13.7. The van der Waals surface area contributed by atoms with E-state index < -0.39 is 11.4 Å². The Balaban J connectivity index is 2.36. The molecule has 4 nitrogen and oxygen atoms in total. The van der Waals surface area contributed by atoms with E-state index in [1.165, 1.54) is 17.0 Å². The third-order valence-electron chi connectivity index (χ3n) is 2.80. The van der Waals surface area contributed by atoms with Gasteiger partial charge in [-0.2, -0.15) is 0 Å². The number of rotatable bonds is 1. The van der Waals surface area contributed by atoms with Crippen molar-refractivity contribution in [1.82, 2.24) is 0 Å². The first kappa shape index (κ1) is 11.9. The number of halogens is 1. The molecule has 1 aliphatic heterocycles. The van der Waals surface area contributed by atoms with Gasteiger partial charge >= 0.3 is 0 Å². The number of ether oxygens (including phenoxy) is 1. The lowest BCUT2D eigenvalue weighted by Crippen LogP contribution is -2.53. The molecule has 17 heavy (non-hydrogen) atoms. The average Bonchev–Trinajstić information content (AvgIpc) is 2.23. The number of nitrogen functional groups attached to an aromatic ring is 1. The van der Waals surface area contributed by atoms with E-state index in [1.54, 1.807) is 19.9 Å². The van der Waals surface area contributed by atoms with Gasteiger partial charge in [0.05, 0.1) is 12.3 Å². The molecule has 2 N–H and O–H groups in total. The van der Waals surface area contributed by atoms with E-state index in [2.05, 4.69) is 0 Å². The maximum absolute atomic E-state index is 13.7. The van der Waals surface area contributed by atoms with Crippen LogP contribution >= 0.6 is 0 Å². The number of benzene rings is 1. The highest BCUT2D eigenvalue weighted by Crippen LogP contribution is 2.27. The Morgan fingerprint density at radius 3 is 2.82 bits per heavy atom. The van der Waals surface area contributed by atoms with Gasteiger partial charge in [0.2, 0.25) is 0 Å². The van der Waals surface area contributed by atoms with Gasteiger partial charge in [-0.05, 0) is 32.0 Å². The molecule has 5 heteroatoms. The summed E-state index contributed by atoms with van der Waals surface area (Å²) in [5, 5.41) is 0. The van der Waals surface area contributed by atoms with E-state index in [9.17, 15) is 9.18 Å². The van der Waals surface area contributed by atoms with E-state index in [0.717, 1.165) is 0 Å². The topological polar surface area (TPSA) is 55.6 Å². The largest absolute Gasteiger partial charge is 0.399 e. The molecule has 0 aliphatic carbocycles. The second-order valence-corrected chi connectivity index (χ2v) is 4.53. The van der Waals surface area contributed by atoms with E-state index in [4.69, 9.17) is 10.5 Å². The minimum atomic E-state index is -0.911. The molecule has 1 aromatic carbocycles. The Kier molecular flexibility index (Phi) is 2.79. The van der Waals surface area contributed by atoms with E-state index in [1.807, 2.05) is 0 Å². The SMILES string of the molecule is CC1(C)OCCN(c2ccc(N)cc2F)C1=O. The van der Waals surface area contributed by atoms with Crippen LogP contribution in [0.25, 0.3) is 0 Å². The van der Waals surface area contributed by atoms with Gasteiger partial charge in [0.25, 0.3) is 5.91 Å². The van der Waals surface area contributed by atoms with Gasteiger partial charge in [-0.3, -0.25) is 4.79 Å². The van der Waals surface area contributed by atoms with Crippen molar-refractivity contribution in [1.29, 1.82) is 0 Å². The molecule has 0 bridgehead atoms. The summed E-state index contributed by atoms with van der Waals surface area (Å²) < 4.78 is 19.1. The number of anilines is 2. The lowest BCUT2D eigenvalue weighted by atomic mass is 10.1. The van der Waals surface area contributed by atoms with Gasteiger partial charge < -0.3 is 15.4 Å². The number of hydrogen-bond acceptors (Lipinski definition) is 3. The van der Waals surface area contributed by atoms with Crippen molar-refractivity contribution in [2.75, 3.05) is 23.8 Å². The Hall–Kier alpha value is -1.62. The predicted octanol–water partition coefficient (Wildman–Crippen LogP) is 1.55. The van der Waals surface area contributed by atoms with Crippen LogP contribution in [-0.4, -0.2) is 24.7 Å². The van der Waals surface area contributed by atoms with Gasteiger partial charge in [0.15, 0.2) is 0 Å². The lowest BCUT2D eigenvalue weighted by molar-refractivity contribution is -0.144. The van der Waals surface area contributed by atoms with Crippen molar-refractivity contribution in [2.24, 2.45) is 0 Å². The van der Waals surface area contributed by atoms with E-state index >= 15 is 0 Å². The smallest absolute Gasteiger partial charge is 0.258 e. The van der Waals surface area contributed by atoms with Gasteiger partial charge in [0, 0.05) is 12.2 Å². The predicted molar refractivity (Wildman–Crippen MR) is 63.2 cm³/mol. The molecule has 0 unspecified atom stereocenters. The summed E-state index contributed by atoms with van der Waals surface area (Å²) in [6.07, 6.45) is 0. The maximum Gasteiger partial charge on any atom is 0.258 e. The molecule has 0 spiro atoms. The van der Waals surface area contributed by atoms with Crippen molar-refractivity contribution in [3.8, 4) is 0 Å². The molecular formula is C12H15FN2O2. The number of carbonyl (C=O) groups excluding carboxylic acids is 1. The summed E-state index contributed by atoms with van der Waals surface area (Å²) >= 11 is 0. The number of amides is 1. The Morgan fingerprint density at radius 1 is 1.47 bits per heavy atom. The number of morpholine rings is 1. The summed E-state index contributed by atoms with van der Waals surface area (Å²) in [6, 6.07) is 4.31. The van der Waals surface area contributed by atoms with Gasteiger partial charge in [-0.15, -0.1) is 0 Å². The van der Waals surface area contributed by atoms with Crippen LogP contribution in [0.1, 0.15) is 13.8 Å². The first-order valence-corrected chi connectivity index (χ1v) is 5.43. The Bertz CT molecular complexity index is 460. The average molecular weight is 238 g/mol. The van der Waals surface area contributed by atoms with E-state index in [-0.39, 0.29) is 11.6 Å². The van der Waals surface area contributed by atoms with Crippen LogP contribution in [-0.2, 0) is 9.53 Å². The van der Waals surface area contributed by atoms with Gasteiger partial charge in [-0.1, -0.05) is 0 Å². The molecule has 1 aromatic rings. The molecule has 1 amide bonds. The Labute approximate surface area is 99.2 Å². The van der Waals surface area contributed by atoms with Crippen LogP contribution in [0, 0.1) is 5.82 Å². The highest BCUT2D eigenvalue weighted by molar-refractivity contribution is 5.99. The molecule has 1 fully saturated rings. The Morgan fingerprint density at radius 2 is 2.18 bits per heavy atom. The van der Waals surface area contributed by atoms with Crippen LogP contribution in [0.2, 0.25) is 0 Å². The number of carbonyl (C=O) groups is 1. The van der Waals surface area contributed by atoms with Crippen molar-refractivity contribution < 1.29 is 13.9 Å². The fourth-order valence-electron chi connectivity index (χ4n) is 1.85. The van der Waals surface area contributed by atoms with Crippen molar-refractivity contribution in [2.45, 2.75) is 19.4 Å². The van der Waals surface area contributed by atoms with Crippen LogP contribution in [0.15, 0.2) is 18.2 Å². The second kappa shape index (κ2) is 4.00. The summed E-state index contributed by atoms with van der Waals surface area (Å²) in [4.78, 5) is 13.5. The molecule has 0 aromatic heterocycles. The fraction of sp³-hybridized carbons (Fsp3) is 0.417. The zero-order valence-electron chi connectivity index (χ0n) is 9.87. The summed E-state index contributed by atoms with van der Waals surface area (Å²) in [6.45, 7) is 4.10. The highest BCUT2D eigenvalue weighted by Gasteiger charge is 2.38. The molecular weight excluding hydrogens is 223 g/mol. The highest BCUT2D eigenvalue weighted by atomic mass is 19.1. The molecule has 0 atom stereocenters. The standard InChI is InChI=1S/C12H15FN2O2/c1-12(2)11(16)15(5-6-17-12)10-4-3-8(14)7-9(10)13/h3-4,7H,5-6,14H2,1-2H3. The minimum Gasteiger partial charge on any atom is -0.399 e. The summed E-state index contributed by atoms with van der Waals surface area (Å²) in [5.41, 5.74) is 5.16. The quantitative estimate of drug-likeness (QED) is 0.755. The van der Waals surface area contributed by atoms with Crippen molar-refractivity contribution >= 4 is 17.3 Å². The van der Waals surface area contributed by atoms with Crippen molar-refractivity contribution in [3.05, 3.63) is 24.0 Å². The third-order valence-corrected chi connectivity index (χ3v) is 2.80. The molecule has 0 saturated carbocycles. The van der Waals surface area contributed by atoms with Crippen LogP contribution in [0.4, 0.5) is 15.8 Å². The number of nitrogens with two attached hydrogens (primary N) is 1. The zero-order chi connectivity index (χ0) is 12.6. The molecule has 92 valence electrons. The number of hydrogen-bond donors (Lipinski definition) is 1. The molecule has 1 heterocycles. The first-order valence-electron chi connectivity index (χ1n) is 5.43. The second-order valence-electron chi connectivity index (χ2n) is 4.53. The van der Waals surface area contributed by atoms with Crippen LogP contribution in [0.5, 0.6) is 0 Å². The van der Waals surface area contributed by atoms with Gasteiger partial charge in [-0.25, -0.2) is 4.39 Å². The first-order chi connectivity index (χ1) is 7.92. The molecule has 2 rings (SSSR count). The lowest BCUT2D eigenvalue weighted by Gasteiger charge is -2.37. The normalized spacial score (nSPS) is 19.5.